The average molecular weight is 433 g/mol. The second-order valence-electron chi connectivity index (χ2n) is 4.76. The predicted molar refractivity (Wildman–Crippen MR) is 81.0 cm³/mol. The van der Waals surface area contributed by atoms with Crippen molar-refractivity contribution in [2.45, 2.75) is 27.7 Å². The van der Waals surface area contributed by atoms with Crippen LogP contribution < -0.4 is 4.90 Å². The van der Waals surface area contributed by atoms with Crippen molar-refractivity contribution in [3.05, 3.63) is 52.9 Å². The molecule has 20 heavy (non-hydrogen) atoms. The average Bonchev–Trinajstić information content (AvgIpc) is 2.37. The summed E-state index contributed by atoms with van der Waals surface area (Å²) >= 11 is 0. The molecular weight excluding hydrogens is 416 g/mol. The molecule has 0 amide bonds. The Bertz CT molecular complexity index is 660. The van der Waals surface area contributed by atoms with E-state index in [0.29, 0.717) is 5.84 Å². The summed E-state index contributed by atoms with van der Waals surface area (Å²) in [5.74, 6) is 3.22. The topological polar surface area (TPSA) is 15.6 Å². The summed E-state index contributed by atoms with van der Waals surface area (Å²) in [5, 5.41) is 0. The van der Waals surface area contributed by atoms with Gasteiger partial charge in [0.1, 0.15) is 0 Å². The van der Waals surface area contributed by atoms with E-state index >= 15 is 0 Å². The first-order chi connectivity index (χ1) is 8.95. The third-order valence-electron chi connectivity index (χ3n) is 3.37. The summed E-state index contributed by atoms with van der Waals surface area (Å²) in [6.07, 6.45) is 5.58. The molecule has 0 atom stereocenters. The number of allylic oxidation sites excluding steroid dienone is 2. The van der Waals surface area contributed by atoms with E-state index in [9.17, 15) is 0 Å². The van der Waals surface area contributed by atoms with Crippen molar-refractivity contribution >= 4 is 11.5 Å². The Morgan fingerprint density at radius 1 is 1.30 bits per heavy atom. The summed E-state index contributed by atoms with van der Waals surface area (Å²) in [4.78, 5) is 6.39. The van der Waals surface area contributed by atoms with Crippen LogP contribution in [-0.2, 0) is 21.1 Å². The Morgan fingerprint density at radius 3 is 2.50 bits per heavy atom. The van der Waals surface area contributed by atoms with Crippen LogP contribution in [-0.4, -0.2) is 5.84 Å². The molecular formula is C17H17N2W-. The smallest absolute Gasteiger partial charge is 0.178 e. The molecule has 2 nitrogen and oxygen atoms in total. The number of aryl methyl sites for hydroxylation is 2. The minimum atomic E-state index is 0. The van der Waals surface area contributed by atoms with Crippen LogP contribution in [0.4, 0.5) is 5.69 Å². The molecule has 0 spiro atoms. The minimum absolute atomic E-state index is 0. The van der Waals surface area contributed by atoms with E-state index in [1.165, 1.54) is 0 Å². The quantitative estimate of drug-likeness (QED) is 0.487. The molecule has 1 aromatic rings. The van der Waals surface area contributed by atoms with E-state index in [-0.39, 0.29) is 21.1 Å². The van der Waals surface area contributed by atoms with Gasteiger partial charge in [0.05, 0.1) is 0 Å². The van der Waals surface area contributed by atoms with E-state index < -0.39 is 0 Å². The Labute approximate surface area is 135 Å². The van der Waals surface area contributed by atoms with Crippen molar-refractivity contribution in [2.75, 3.05) is 4.90 Å². The maximum absolute atomic E-state index is 5.58. The third kappa shape index (κ3) is 2.79. The molecule has 1 aromatic carbocycles. The monoisotopic (exact) mass is 433 g/mol. The first kappa shape index (κ1) is 16.5. The van der Waals surface area contributed by atoms with E-state index in [1.54, 1.807) is 0 Å². The predicted octanol–water partition coefficient (Wildman–Crippen LogP) is 3.76. The summed E-state index contributed by atoms with van der Waals surface area (Å²) in [6.45, 7) is 12.2. The summed E-state index contributed by atoms with van der Waals surface area (Å²) in [5.41, 5.74) is 6.07. The van der Waals surface area contributed by atoms with Gasteiger partial charge in [-0.1, -0.05) is 26.1 Å². The van der Waals surface area contributed by atoms with Gasteiger partial charge in [0.15, 0.2) is 5.84 Å². The van der Waals surface area contributed by atoms with Crippen molar-refractivity contribution in [1.29, 1.82) is 0 Å². The molecule has 3 heteroatoms. The number of terminal acetylenes is 1. The van der Waals surface area contributed by atoms with Crippen LogP contribution in [0, 0.1) is 32.3 Å². The SMILES string of the molecule is C#CC1=NC(C)=C(C)C(=C)N1c1c[c-]c(C)cc1C.[W]. The standard InChI is InChI=1S/C17H17N2.W/c1-7-17-18-14(5)13(4)15(6)19(17)16-9-8-11(2)10-12(16)3;/h1,9-10H,6H2,2-5H3;/q-1;. The number of hydrogen-bond donors (Lipinski definition) is 0. The maximum Gasteiger partial charge on any atom is 0.178 e. The molecule has 102 valence electrons. The van der Waals surface area contributed by atoms with Crippen LogP contribution in [0.2, 0.25) is 0 Å². The van der Waals surface area contributed by atoms with Crippen molar-refractivity contribution in [3.63, 3.8) is 0 Å². The zero-order valence-electron chi connectivity index (χ0n) is 12.2. The van der Waals surface area contributed by atoms with Gasteiger partial charge in [-0.25, -0.2) is 4.99 Å². The zero-order valence-corrected chi connectivity index (χ0v) is 15.2. The molecule has 1 aliphatic rings. The summed E-state index contributed by atoms with van der Waals surface area (Å²) in [7, 11) is 0. The van der Waals surface area contributed by atoms with Crippen LogP contribution in [0.15, 0.2) is 40.7 Å². The molecule has 0 bridgehead atoms. The van der Waals surface area contributed by atoms with E-state index in [0.717, 1.165) is 33.8 Å². The number of aliphatic imine (C=N–C) groups is 1. The van der Waals surface area contributed by atoms with Gasteiger partial charge in [0, 0.05) is 32.5 Å². The molecule has 2 rings (SSSR count). The normalized spacial score (nSPS) is 14.7. The second-order valence-corrected chi connectivity index (χ2v) is 4.76. The van der Waals surface area contributed by atoms with Crippen LogP contribution >= 0.6 is 0 Å². The van der Waals surface area contributed by atoms with Gasteiger partial charge < -0.3 is 4.90 Å². The van der Waals surface area contributed by atoms with E-state index in [1.807, 2.05) is 31.7 Å². The van der Waals surface area contributed by atoms with Crippen LogP contribution in [0.25, 0.3) is 0 Å². The number of amidine groups is 1. The first-order valence-electron chi connectivity index (χ1n) is 6.16. The van der Waals surface area contributed by atoms with Crippen molar-refractivity contribution < 1.29 is 21.1 Å². The number of nitrogens with zero attached hydrogens (tertiary/aromatic N) is 2. The Morgan fingerprint density at radius 2 is 1.95 bits per heavy atom. The molecule has 0 N–H and O–H groups in total. The number of rotatable bonds is 1. The fraction of sp³-hybridized carbons (Fsp3) is 0.235. The molecule has 1 aliphatic heterocycles. The largest absolute Gasteiger partial charge is 0.343 e. The molecule has 0 aromatic heterocycles. The first-order valence-corrected chi connectivity index (χ1v) is 6.16. The molecule has 0 fully saturated rings. The number of benzene rings is 1. The van der Waals surface area contributed by atoms with Gasteiger partial charge in [-0.05, 0) is 25.3 Å². The van der Waals surface area contributed by atoms with Gasteiger partial charge in [0.2, 0.25) is 0 Å². The zero-order chi connectivity index (χ0) is 14.2. The fourth-order valence-corrected chi connectivity index (χ4v) is 2.13. The van der Waals surface area contributed by atoms with Crippen LogP contribution in [0.5, 0.6) is 0 Å². The molecule has 0 saturated heterocycles. The molecule has 0 aliphatic carbocycles. The van der Waals surface area contributed by atoms with E-state index in [2.05, 4.69) is 36.5 Å². The Kier molecular flexibility index (Phi) is 5.14. The summed E-state index contributed by atoms with van der Waals surface area (Å²) < 4.78 is 0. The van der Waals surface area contributed by atoms with Crippen LogP contribution in [0.3, 0.4) is 0 Å². The maximum atomic E-state index is 5.58. The third-order valence-corrected chi connectivity index (χ3v) is 3.37. The van der Waals surface area contributed by atoms with Crippen molar-refractivity contribution in [2.24, 2.45) is 4.99 Å². The molecule has 1 heterocycles. The van der Waals surface area contributed by atoms with Gasteiger partial charge in [-0.3, -0.25) is 0 Å². The summed E-state index contributed by atoms with van der Waals surface area (Å²) in [6, 6.07) is 7.23. The minimum Gasteiger partial charge on any atom is -0.343 e. The molecule has 0 radical (unpaired) electrons. The van der Waals surface area contributed by atoms with E-state index in [4.69, 9.17) is 6.42 Å². The fourth-order valence-electron chi connectivity index (χ4n) is 2.13. The Hall–Kier alpha value is -1.58. The van der Waals surface area contributed by atoms with Crippen molar-refractivity contribution in [1.82, 2.24) is 0 Å². The van der Waals surface area contributed by atoms with Gasteiger partial charge in [-0.2, -0.15) is 23.8 Å². The molecule has 0 saturated carbocycles. The number of anilines is 1. The van der Waals surface area contributed by atoms with Crippen molar-refractivity contribution in [3.8, 4) is 12.3 Å². The second kappa shape index (κ2) is 6.25. The van der Waals surface area contributed by atoms with Crippen LogP contribution in [0.1, 0.15) is 25.0 Å². The Balaban J connectivity index is 0.00000200. The van der Waals surface area contributed by atoms with Gasteiger partial charge in [-0.15, -0.1) is 12.0 Å². The number of hydrogen-bond acceptors (Lipinski definition) is 2. The van der Waals surface area contributed by atoms with Gasteiger partial charge >= 0.3 is 0 Å². The van der Waals surface area contributed by atoms with Gasteiger partial charge in [0.25, 0.3) is 0 Å². The molecule has 0 unspecified atom stereocenters.